The van der Waals surface area contributed by atoms with E-state index in [0.29, 0.717) is 5.75 Å². The number of rotatable bonds is 2. The summed E-state index contributed by atoms with van der Waals surface area (Å²) in [6, 6.07) is 4.11. The molecule has 0 aliphatic carbocycles. The van der Waals surface area contributed by atoms with Gasteiger partial charge in [0.25, 0.3) is 0 Å². The average molecular weight is 220 g/mol. The first-order chi connectivity index (χ1) is 7.66. The van der Waals surface area contributed by atoms with Crippen LogP contribution in [0.4, 0.5) is 0 Å². The number of benzene rings is 1. The highest BCUT2D eigenvalue weighted by Crippen LogP contribution is 2.25. The maximum absolute atomic E-state index is 10.0. The minimum absolute atomic E-state index is 0.462. The van der Waals surface area contributed by atoms with E-state index >= 15 is 0 Å². The molecule has 0 amide bonds. The molecule has 1 aromatic carbocycles. The number of phenols is 1. The second kappa shape index (κ2) is 4.85. The molecule has 2 rings (SSSR count). The van der Waals surface area contributed by atoms with Crippen molar-refractivity contribution in [1.82, 2.24) is 10.2 Å². The van der Waals surface area contributed by atoms with E-state index in [9.17, 15) is 5.11 Å². The molecule has 0 spiro atoms. The van der Waals surface area contributed by atoms with Crippen molar-refractivity contribution in [3.63, 3.8) is 0 Å². The van der Waals surface area contributed by atoms with Crippen LogP contribution in [0.1, 0.15) is 16.7 Å². The predicted octanol–water partition coefficient (Wildman–Crippen LogP) is 1.41. The molecule has 1 aliphatic rings. The van der Waals surface area contributed by atoms with E-state index in [1.54, 1.807) is 0 Å². The van der Waals surface area contributed by atoms with Crippen molar-refractivity contribution in [3.05, 3.63) is 28.8 Å². The summed E-state index contributed by atoms with van der Waals surface area (Å²) in [5.74, 6) is 0.462. The van der Waals surface area contributed by atoms with Crippen molar-refractivity contribution < 1.29 is 5.11 Å². The van der Waals surface area contributed by atoms with Gasteiger partial charge in [-0.25, -0.2) is 0 Å². The second-order valence-electron chi connectivity index (χ2n) is 4.62. The van der Waals surface area contributed by atoms with Crippen molar-refractivity contribution in [1.29, 1.82) is 0 Å². The normalized spacial score (nSPS) is 17.6. The first-order valence-corrected chi connectivity index (χ1v) is 5.89. The minimum atomic E-state index is 0.462. The van der Waals surface area contributed by atoms with Gasteiger partial charge in [-0.2, -0.15) is 0 Å². The van der Waals surface area contributed by atoms with E-state index in [1.807, 2.05) is 13.0 Å². The molecule has 1 saturated heterocycles. The minimum Gasteiger partial charge on any atom is -0.507 e. The van der Waals surface area contributed by atoms with Crippen molar-refractivity contribution in [2.75, 3.05) is 26.2 Å². The maximum atomic E-state index is 10.0. The first-order valence-electron chi connectivity index (χ1n) is 5.89. The molecular weight excluding hydrogens is 200 g/mol. The second-order valence-corrected chi connectivity index (χ2v) is 4.62. The Morgan fingerprint density at radius 2 is 1.94 bits per heavy atom. The van der Waals surface area contributed by atoms with Crippen LogP contribution in [0.2, 0.25) is 0 Å². The molecule has 3 nitrogen and oxygen atoms in total. The van der Waals surface area contributed by atoms with Crippen LogP contribution in [-0.2, 0) is 6.54 Å². The van der Waals surface area contributed by atoms with E-state index in [4.69, 9.17) is 0 Å². The number of piperazine rings is 1. The SMILES string of the molecule is Cc1cc(C)c(O)c(CN2CCNCC2)c1. The van der Waals surface area contributed by atoms with Gasteiger partial charge in [-0.1, -0.05) is 17.7 Å². The van der Waals surface area contributed by atoms with Crippen LogP contribution in [0.3, 0.4) is 0 Å². The smallest absolute Gasteiger partial charge is 0.122 e. The summed E-state index contributed by atoms with van der Waals surface area (Å²) in [4.78, 5) is 2.38. The quantitative estimate of drug-likeness (QED) is 0.791. The van der Waals surface area contributed by atoms with Gasteiger partial charge in [-0.15, -0.1) is 0 Å². The number of hydrogen-bond donors (Lipinski definition) is 2. The molecule has 1 aliphatic heterocycles. The van der Waals surface area contributed by atoms with Crippen LogP contribution >= 0.6 is 0 Å². The highest BCUT2D eigenvalue weighted by molar-refractivity contribution is 5.42. The lowest BCUT2D eigenvalue weighted by molar-refractivity contribution is 0.230. The number of aryl methyl sites for hydroxylation is 2. The van der Waals surface area contributed by atoms with Gasteiger partial charge in [0.05, 0.1) is 0 Å². The number of hydrogen-bond acceptors (Lipinski definition) is 3. The van der Waals surface area contributed by atoms with Gasteiger partial charge in [0, 0.05) is 38.3 Å². The highest BCUT2D eigenvalue weighted by Gasteiger charge is 2.13. The Morgan fingerprint density at radius 1 is 1.25 bits per heavy atom. The van der Waals surface area contributed by atoms with Crippen LogP contribution < -0.4 is 5.32 Å². The molecular formula is C13H20N2O. The number of nitrogens with one attached hydrogen (secondary N) is 1. The fourth-order valence-electron chi connectivity index (χ4n) is 2.28. The standard InChI is InChI=1S/C13H20N2O/c1-10-7-11(2)13(16)12(8-10)9-15-5-3-14-4-6-15/h7-8,14,16H,3-6,9H2,1-2H3. The lowest BCUT2D eigenvalue weighted by Crippen LogP contribution is -2.42. The molecule has 0 saturated carbocycles. The Kier molecular flexibility index (Phi) is 3.46. The van der Waals surface area contributed by atoms with Crippen molar-refractivity contribution in [2.24, 2.45) is 0 Å². The van der Waals surface area contributed by atoms with Crippen molar-refractivity contribution in [2.45, 2.75) is 20.4 Å². The van der Waals surface area contributed by atoms with Gasteiger partial charge < -0.3 is 10.4 Å². The van der Waals surface area contributed by atoms with Crippen LogP contribution in [0, 0.1) is 13.8 Å². The molecule has 0 radical (unpaired) electrons. The van der Waals surface area contributed by atoms with E-state index in [0.717, 1.165) is 43.9 Å². The molecule has 1 aromatic rings. The van der Waals surface area contributed by atoms with Gasteiger partial charge in [-0.05, 0) is 19.4 Å². The Hall–Kier alpha value is -1.06. The van der Waals surface area contributed by atoms with Gasteiger partial charge >= 0.3 is 0 Å². The summed E-state index contributed by atoms with van der Waals surface area (Å²) in [6.07, 6.45) is 0. The Bertz CT molecular complexity index is 370. The molecule has 1 heterocycles. The molecule has 0 unspecified atom stereocenters. The Morgan fingerprint density at radius 3 is 2.62 bits per heavy atom. The molecule has 88 valence electrons. The van der Waals surface area contributed by atoms with E-state index < -0.39 is 0 Å². The molecule has 16 heavy (non-hydrogen) atoms. The van der Waals surface area contributed by atoms with Crippen LogP contribution in [0.25, 0.3) is 0 Å². The van der Waals surface area contributed by atoms with Crippen LogP contribution in [0.5, 0.6) is 5.75 Å². The fourth-order valence-corrected chi connectivity index (χ4v) is 2.28. The van der Waals surface area contributed by atoms with Gasteiger partial charge in [-0.3, -0.25) is 4.90 Å². The molecule has 0 atom stereocenters. The van der Waals surface area contributed by atoms with Gasteiger partial charge in [0.2, 0.25) is 0 Å². The Balaban J connectivity index is 2.13. The summed E-state index contributed by atoms with van der Waals surface area (Å²) in [6.45, 7) is 9.11. The third-order valence-corrected chi connectivity index (χ3v) is 3.13. The highest BCUT2D eigenvalue weighted by atomic mass is 16.3. The van der Waals surface area contributed by atoms with E-state index in [1.165, 1.54) is 5.56 Å². The van der Waals surface area contributed by atoms with E-state index in [2.05, 4.69) is 23.2 Å². The lowest BCUT2D eigenvalue weighted by Gasteiger charge is -2.27. The van der Waals surface area contributed by atoms with E-state index in [-0.39, 0.29) is 0 Å². The summed E-state index contributed by atoms with van der Waals surface area (Å²) in [5, 5.41) is 13.3. The number of nitrogens with zero attached hydrogens (tertiary/aromatic N) is 1. The average Bonchev–Trinajstić information content (AvgIpc) is 2.27. The predicted molar refractivity (Wildman–Crippen MR) is 65.7 cm³/mol. The summed E-state index contributed by atoms with van der Waals surface area (Å²) in [5.41, 5.74) is 3.25. The monoisotopic (exact) mass is 220 g/mol. The van der Waals surface area contributed by atoms with Gasteiger partial charge in [0.15, 0.2) is 0 Å². The number of phenolic OH excluding ortho intramolecular Hbond substituents is 1. The third kappa shape index (κ3) is 2.54. The Labute approximate surface area is 97.1 Å². The zero-order chi connectivity index (χ0) is 11.5. The zero-order valence-corrected chi connectivity index (χ0v) is 10.1. The maximum Gasteiger partial charge on any atom is 0.122 e. The van der Waals surface area contributed by atoms with Crippen molar-refractivity contribution in [3.8, 4) is 5.75 Å². The van der Waals surface area contributed by atoms with Crippen LogP contribution in [0.15, 0.2) is 12.1 Å². The molecule has 3 heteroatoms. The number of aromatic hydroxyl groups is 1. The van der Waals surface area contributed by atoms with Crippen LogP contribution in [-0.4, -0.2) is 36.2 Å². The third-order valence-electron chi connectivity index (χ3n) is 3.13. The topological polar surface area (TPSA) is 35.5 Å². The lowest BCUT2D eigenvalue weighted by atomic mass is 10.0. The molecule has 0 aromatic heterocycles. The fraction of sp³-hybridized carbons (Fsp3) is 0.538. The molecule has 2 N–H and O–H groups in total. The summed E-state index contributed by atoms with van der Waals surface area (Å²) in [7, 11) is 0. The molecule has 1 fully saturated rings. The largest absolute Gasteiger partial charge is 0.507 e. The summed E-state index contributed by atoms with van der Waals surface area (Å²) >= 11 is 0. The first kappa shape index (κ1) is 11.4. The van der Waals surface area contributed by atoms with Crippen molar-refractivity contribution >= 4 is 0 Å². The summed E-state index contributed by atoms with van der Waals surface area (Å²) < 4.78 is 0. The molecule has 0 bridgehead atoms. The zero-order valence-electron chi connectivity index (χ0n) is 10.1. The van der Waals surface area contributed by atoms with Gasteiger partial charge in [0.1, 0.15) is 5.75 Å².